The van der Waals surface area contributed by atoms with Gasteiger partial charge in [0.15, 0.2) is 0 Å². The fourth-order valence-electron chi connectivity index (χ4n) is 2.87. The smallest absolute Gasteiger partial charge is 0.417 e. The van der Waals surface area contributed by atoms with Gasteiger partial charge in [-0.2, -0.15) is 0 Å². The molecule has 2 rings (SSSR count). The van der Waals surface area contributed by atoms with E-state index in [4.69, 9.17) is 10.5 Å². The first-order valence-electron chi connectivity index (χ1n) is 9.87. The Morgan fingerprint density at radius 2 is 1.66 bits per heavy atom. The zero-order valence-electron chi connectivity index (χ0n) is 17.7. The Morgan fingerprint density at radius 1 is 1.06 bits per heavy atom. The number of carboxylic acids is 1. The zero-order valence-corrected chi connectivity index (χ0v) is 17.7. The molecular weight excluding hydrogens is 418 g/mol. The fourth-order valence-corrected chi connectivity index (χ4v) is 2.87. The molecule has 32 heavy (non-hydrogen) atoms. The molecule has 2 aromatic carbocycles. The molecule has 0 aliphatic heterocycles. The van der Waals surface area contributed by atoms with Gasteiger partial charge in [0.25, 0.3) is 5.69 Å². The third kappa shape index (κ3) is 6.35. The standard InChI is InChI=1S/C22H25N3O7/c1-14(2)19(23)20(26)24(22(29)32-13-16-6-4-3-5-7-16)18(21(27)28)12-15-8-10-17(11-9-15)25(30)31/h3-11,14,18-19H,12-13,23H2,1-2H3,(H,27,28)/t18-,19-/m0/s1. The Hall–Kier alpha value is -3.79. The molecule has 0 aliphatic carbocycles. The molecule has 0 unspecified atom stereocenters. The summed E-state index contributed by atoms with van der Waals surface area (Å²) in [6.07, 6.45) is -1.41. The molecule has 0 saturated carbocycles. The predicted molar refractivity (Wildman–Crippen MR) is 115 cm³/mol. The number of benzene rings is 2. The predicted octanol–water partition coefficient (Wildman–Crippen LogP) is 2.74. The second-order valence-electron chi connectivity index (χ2n) is 7.50. The monoisotopic (exact) mass is 443 g/mol. The molecular formula is C22H25N3O7. The molecule has 2 amide bonds. The van der Waals surface area contributed by atoms with Gasteiger partial charge in [0.2, 0.25) is 5.91 Å². The Balaban J connectivity index is 2.32. The van der Waals surface area contributed by atoms with Gasteiger partial charge in [-0.15, -0.1) is 0 Å². The number of ether oxygens (including phenoxy) is 1. The Labute approximate surface area is 184 Å². The van der Waals surface area contributed by atoms with Gasteiger partial charge in [0.05, 0.1) is 11.0 Å². The largest absolute Gasteiger partial charge is 0.480 e. The summed E-state index contributed by atoms with van der Waals surface area (Å²) in [6.45, 7) is 3.18. The minimum absolute atomic E-state index is 0.162. The van der Waals surface area contributed by atoms with Crippen LogP contribution in [0.4, 0.5) is 10.5 Å². The van der Waals surface area contributed by atoms with Crippen molar-refractivity contribution in [3.63, 3.8) is 0 Å². The summed E-state index contributed by atoms with van der Waals surface area (Å²) in [4.78, 5) is 48.6. The maximum absolute atomic E-state index is 13.0. The highest BCUT2D eigenvalue weighted by Crippen LogP contribution is 2.18. The van der Waals surface area contributed by atoms with Gasteiger partial charge in [-0.3, -0.25) is 14.9 Å². The molecule has 0 fully saturated rings. The highest BCUT2D eigenvalue weighted by molar-refractivity contribution is 5.99. The lowest BCUT2D eigenvalue weighted by Crippen LogP contribution is -2.56. The summed E-state index contributed by atoms with van der Waals surface area (Å²) >= 11 is 0. The molecule has 0 aromatic heterocycles. The Kier molecular flexibility index (Phi) is 8.42. The number of non-ortho nitro benzene ring substituents is 1. The number of nitrogens with zero attached hydrogens (tertiary/aromatic N) is 2. The fraction of sp³-hybridized carbons (Fsp3) is 0.318. The summed E-state index contributed by atoms with van der Waals surface area (Å²) < 4.78 is 5.22. The van der Waals surface area contributed by atoms with Crippen LogP contribution >= 0.6 is 0 Å². The number of aliphatic carboxylic acids is 1. The molecule has 0 bridgehead atoms. The molecule has 0 aliphatic rings. The summed E-state index contributed by atoms with van der Waals surface area (Å²) in [5.41, 5.74) is 6.79. The van der Waals surface area contributed by atoms with E-state index in [1.165, 1.54) is 24.3 Å². The van der Waals surface area contributed by atoms with Crippen LogP contribution in [-0.4, -0.2) is 45.0 Å². The summed E-state index contributed by atoms with van der Waals surface area (Å²) in [6, 6.07) is 11.1. The molecule has 3 N–H and O–H groups in total. The van der Waals surface area contributed by atoms with E-state index in [9.17, 15) is 29.6 Å². The van der Waals surface area contributed by atoms with Crippen molar-refractivity contribution in [2.45, 2.75) is 39.0 Å². The second-order valence-corrected chi connectivity index (χ2v) is 7.50. The number of nitro groups is 1. The molecule has 10 nitrogen and oxygen atoms in total. The van der Waals surface area contributed by atoms with Gasteiger partial charge in [0, 0.05) is 18.6 Å². The van der Waals surface area contributed by atoms with Gasteiger partial charge in [-0.25, -0.2) is 14.5 Å². The molecule has 0 radical (unpaired) electrons. The second kappa shape index (κ2) is 11.0. The van der Waals surface area contributed by atoms with Crippen LogP contribution in [0.1, 0.15) is 25.0 Å². The molecule has 0 spiro atoms. The van der Waals surface area contributed by atoms with Crippen LogP contribution in [0, 0.1) is 16.0 Å². The van der Waals surface area contributed by atoms with E-state index in [2.05, 4.69) is 0 Å². The zero-order chi connectivity index (χ0) is 23.8. The van der Waals surface area contributed by atoms with E-state index in [0.29, 0.717) is 16.0 Å². The summed E-state index contributed by atoms with van der Waals surface area (Å²) in [5.74, 6) is -2.68. The lowest BCUT2D eigenvalue weighted by atomic mass is 10.0. The van der Waals surface area contributed by atoms with Gasteiger partial charge in [-0.1, -0.05) is 56.3 Å². The highest BCUT2D eigenvalue weighted by Gasteiger charge is 2.39. The average Bonchev–Trinajstić information content (AvgIpc) is 2.77. The number of imide groups is 1. The van der Waals surface area contributed by atoms with E-state index < -0.39 is 35.0 Å². The van der Waals surface area contributed by atoms with Crippen LogP contribution in [0.3, 0.4) is 0 Å². The number of carbonyl (C=O) groups excluding carboxylic acids is 2. The van der Waals surface area contributed by atoms with Crippen LogP contribution in [0.2, 0.25) is 0 Å². The number of carbonyl (C=O) groups is 3. The SMILES string of the molecule is CC(C)[C@H](N)C(=O)N(C(=O)OCc1ccccc1)[C@@H](Cc1ccc([N+](=O)[O-])cc1)C(=O)O. The molecule has 2 aromatic rings. The lowest BCUT2D eigenvalue weighted by molar-refractivity contribution is -0.384. The first-order chi connectivity index (χ1) is 15.1. The number of rotatable bonds is 9. The van der Waals surface area contributed by atoms with Crippen LogP contribution in [0.25, 0.3) is 0 Å². The van der Waals surface area contributed by atoms with Crippen LogP contribution in [0.15, 0.2) is 54.6 Å². The Bertz CT molecular complexity index is 961. The van der Waals surface area contributed by atoms with E-state index in [1.807, 2.05) is 0 Å². The van der Waals surface area contributed by atoms with Crippen molar-refractivity contribution in [1.29, 1.82) is 0 Å². The lowest BCUT2D eigenvalue weighted by Gasteiger charge is -2.30. The van der Waals surface area contributed by atoms with Gasteiger partial charge in [0.1, 0.15) is 12.6 Å². The molecule has 2 atom stereocenters. The average molecular weight is 443 g/mol. The molecule has 170 valence electrons. The third-order valence-corrected chi connectivity index (χ3v) is 4.82. The van der Waals surface area contributed by atoms with Gasteiger partial charge < -0.3 is 15.6 Å². The van der Waals surface area contributed by atoms with E-state index >= 15 is 0 Å². The number of nitro benzene ring substituents is 1. The van der Waals surface area contributed by atoms with Crippen molar-refractivity contribution in [1.82, 2.24) is 4.90 Å². The maximum Gasteiger partial charge on any atom is 0.417 e. The van der Waals surface area contributed by atoms with Crippen molar-refractivity contribution in [2.24, 2.45) is 11.7 Å². The minimum Gasteiger partial charge on any atom is -0.480 e. The number of carboxylic acid groups (broad SMARTS) is 1. The van der Waals surface area contributed by atoms with Crippen molar-refractivity contribution >= 4 is 23.7 Å². The normalized spacial score (nSPS) is 12.6. The molecule has 10 heteroatoms. The number of nitrogens with two attached hydrogens (primary N) is 1. The van der Waals surface area contributed by atoms with Crippen molar-refractivity contribution in [2.75, 3.05) is 0 Å². The summed E-state index contributed by atoms with van der Waals surface area (Å²) in [5, 5.41) is 20.6. The van der Waals surface area contributed by atoms with Crippen molar-refractivity contribution in [3.8, 4) is 0 Å². The first kappa shape index (κ1) is 24.5. The maximum atomic E-state index is 13.0. The quantitative estimate of drug-likeness (QED) is 0.443. The minimum atomic E-state index is -1.61. The molecule has 0 saturated heterocycles. The van der Waals surface area contributed by atoms with Crippen LogP contribution < -0.4 is 5.73 Å². The topological polar surface area (TPSA) is 153 Å². The van der Waals surface area contributed by atoms with Gasteiger partial charge >= 0.3 is 12.1 Å². The van der Waals surface area contributed by atoms with Crippen LogP contribution in [-0.2, 0) is 27.4 Å². The van der Waals surface area contributed by atoms with Gasteiger partial charge in [-0.05, 0) is 17.0 Å². The highest BCUT2D eigenvalue weighted by atomic mass is 16.6. The van der Waals surface area contributed by atoms with E-state index in [0.717, 1.165) is 0 Å². The summed E-state index contributed by atoms with van der Waals surface area (Å²) in [7, 11) is 0. The Morgan fingerprint density at radius 3 is 2.16 bits per heavy atom. The number of hydrogen-bond acceptors (Lipinski definition) is 7. The van der Waals surface area contributed by atoms with E-state index in [-0.39, 0.29) is 24.6 Å². The van der Waals surface area contributed by atoms with Crippen molar-refractivity contribution < 1.29 is 29.2 Å². The number of hydrogen-bond donors (Lipinski definition) is 2. The molecule has 0 heterocycles. The first-order valence-corrected chi connectivity index (χ1v) is 9.87. The third-order valence-electron chi connectivity index (χ3n) is 4.82. The van der Waals surface area contributed by atoms with Crippen molar-refractivity contribution in [3.05, 3.63) is 75.8 Å². The van der Waals surface area contributed by atoms with E-state index in [1.54, 1.807) is 44.2 Å². The number of amides is 2. The van der Waals surface area contributed by atoms with Crippen LogP contribution in [0.5, 0.6) is 0 Å².